The summed E-state index contributed by atoms with van der Waals surface area (Å²) in [6.07, 6.45) is -26.1. The van der Waals surface area contributed by atoms with Crippen LogP contribution in [-0.4, -0.2) is 232 Å². The normalized spacial score (nSPS) is 56.9. The number of aliphatic carboxylic acids is 1. The van der Waals surface area contributed by atoms with Crippen LogP contribution in [0.25, 0.3) is 0 Å². The number of aliphatic hydroxyl groups is 13. The Hall–Kier alpha value is -1.63. The molecule has 14 N–H and O–H groups in total. The van der Waals surface area contributed by atoms with Crippen molar-refractivity contribution in [3.63, 3.8) is 0 Å². The molecule has 0 amide bonds. The van der Waals surface area contributed by atoms with E-state index in [1.54, 1.807) is 6.92 Å². The molecular weight excluding hydrogens is 1020 g/mol. The molecule has 31 atom stereocenters. The molecule has 2 unspecified atom stereocenters. The van der Waals surface area contributed by atoms with Gasteiger partial charge in [-0.25, -0.2) is 4.79 Å². The highest BCUT2D eigenvalue weighted by atomic mass is 16.8. The fourth-order valence-corrected chi connectivity index (χ4v) is 16.6. The summed E-state index contributed by atoms with van der Waals surface area (Å²) in [6, 6.07) is 0. The number of carbonyl (C=O) groups is 1. The molecule has 5 aliphatic carbocycles. The highest BCUT2D eigenvalue weighted by Crippen LogP contribution is 2.76. The summed E-state index contributed by atoms with van der Waals surface area (Å²) in [6.45, 7) is 14.9. The molecule has 4 aliphatic heterocycles. The second-order valence-electron chi connectivity index (χ2n) is 26.2. The second-order valence-corrected chi connectivity index (χ2v) is 26.2. The summed E-state index contributed by atoms with van der Waals surface area (Å²) in [5, 5.41) is 152. The van der Waals surface area contributed by atoms with Crippen LogP contribution < -0.4 is 0 Å². The Bertz CT molecular complexity index is 2140. The monoisotopic (exact) mass is 1100 g/mol. The maximum Gasteiger partial charge on any atom is 0.335 e. The minimum Gasteiger partial charge on any atom is -0.479 e. The zero-order chi connectivity index (χ0) is 56.4. The lowest BCUT2D eigenvalue weighted by atomic mass is 9.33. The highest BCUT2D eigenvalue weighted by molar-refractivity contribution is 5.73. The molecule has 0 aromatic rings. The molecule has 4 heterocycles. The number of rotatable bonds is 12. The van der Waals surface area contributed by atoms with Gasteiger partial charge in [0.05, 0.1) is 37.6 Å². The minimum absolute atomic E-state index is 0.0170. The summed E-state index contributed by atoms with van der Waals surface area (Å²) < 4.78 is 49.0. The molecule has 8 fully saturated rings. The van der Waals surface area contributed by atoms with Crippen molar-refractivity contribution < 1.29 is 114 Å². The molecular formula is C54H88O23. The van der Waals surface area contributed by atoms with Crippen molar-refractivity contribution >= 4 is 5.97 Å². The molecule has 442 valence electrons. The van der Waals surface area contributed by atoms with E-state index >= 15 is 0 Å². The Morgan fingerprint density at radius 2 is 1.12 bits per heavy atom. The van der Waals surface area contributed by atoms with Crippen molar-refractivity contribution in [1.82, 2.24) is 0 Å². The van der Waals surface area contributed by atoms with Crippen molar-refractivity contribution in [2.45, 2.75) is 248 Å². The first-order valence-electron chi connectivity index (χ1n) is 27.8. The third-order valence-corrected chi connectivity index (χ3v) is 21.8. The van der Waals surface area contributed by atoms with Crippen LogP contribution in [0.5, 0.6) is 0 Å². The Balaban J connectivity index is 0.984. The van der Waals surface area contributed by atoms with Gasteiger partial charge in [-0.2, -0.15) is 0 Å². The van der Waals surface area contributed by atoms with Gasteiger partial charge in [0, 0.05) is 17.4 Å². The average Bonchev–Trinajstić information content (AvgIpc) is 3.55. The smallest absolute Gasteiger partial charge is 0.335 e. The van der Waals surface area contributed by atoms with E-state index in [0.717, 1.165) is 25.7 Å². The number of allylic oxidation sites excluding steroid dienone is 2. The number of carboxylic acids is 1. The van der Waals surface area contributed by atoms with Crippen LogP contribution in [0, 0.1) is 50.2 Å². The van der Waals surface area contributed by atoms with Crippen LogP contribution in [0.2, 0.25) is 0 Å². The van der Waals surface area contributed by atoms with E-state index in [9.17, 15) is 76.3 Å². The zero-order valence-electron chi connectivity index (χ0n) is 45.4. The summed E-state index contributed by atoms with van der Waals surface area (Å²) in [5.74, 6) is -1.72. The van der Waals surface area contributed by atoms with Crippen LogP contribution in [0.4, 0.5) is 0 Å². The lowest BCUT2D eigenvalue weighted by Gasteiger charge is -2.72. The molecule has 9 rings (SSSR count). The maximum atomic E-state index is 12.6. The molecule has 9 aliphatic rings. The summed E-state index contributed by atoms with van der Waals surface area (Å²) in [7, 11) is 0. The minimum atomic E-state index is -2.11. The van der Waals surface area contributed by atoms with E-state index in [4.69, 9.17) is 37.9 Å². The second kappa shape index (κ2) is 21.5. The first-order chi connectivity index (χ1) is 36.0. The molecule has 0 aromatic heterocycles. The molecule has 4 saturated carbocycles. The molecule has 77 heavy (non-hydrogen) atoms. The Labute approximate surface area is 449 Å². The van der Waals surface area contributed by atoms with E-state index in [0.29, 0.717) is 32.1 Å². The van der Waals surface area contributed by atoms with Gasteiger partial charge in [-0.1, -0.05) is 53.2 Å². The first-order valence-corrected chi connectivity index (χ1v) is 27.8. The Morgan fingerprint density at radius 1 is 0.558 bits per heavy atom. The van der Waals surface area contributed by atoms with Gasteiger partial charge in [0.15, 0.2) is 31.3 Å². The lowest BCUT2D eigenvalue weighted by Crippen LogP contribution is -2.68. The van der Waals surface area contributed by atoms with Crippen LogP contribution in [-0.2, 0) is 42.7 Å². The molecule has 23 heteroatoms. The molecule has 0 spiro atoms. The Morgan fingerprint density at radius 3 is 1.69 bits per heavy atom. The molecule has 4 saturated heterocycles. The largest absolute Gasteiger partial charge is 0.479 e. The van der Waals surface area contributed by atoms with Gasteiger partial charge in [0.25, 0.3) is 0 Å². The topological polar surface area (TPSA) is 374 Å². The quantitative estimate of drug-likeness (QED) is 0.0783. The van der Waals surface area contributed by atoms with Gasteiger partial charge < -0.3 is 109 Å². The van der Waals surface area contributed by atoms with Crippen molar-refractivity contribution in [3.8, 4) is 0 Å². The van der Waals surface area contributed by atoms with Crippen molar-refractivity contribution in [2.24, 2.45) is 50.2 Å². The summed E-state index contributed by atoms with van der Waals surface area (Å²) >= 11 is 0. The third-order valence-electron chi connectivity index (χ3n) is 21.8. The molecule has 0 radical (unpaired) electrons. The van der Waals surface area contributed by atoms with Gasteiger partial charge in [-0.3, -0.25) is 0 Å². The van der Waals surface area contributed by atoms with E-state index in [1.165, 1.54) is 12.5 Å². The summed E-state index contributed by atoms with van der Waals surface area (Å²) in [5.41, 5.74) is -1.64. The maximum absolute atomic E-state index is 12.6. The van der Waals surface area contributed by atoms with Gasteiger partial charge >= 0.3 is 5.97 Å². The number of aliphatic hydroxyl groups excluding tert-OH is 13. The Kier molecular flexibility index (Phi) is 16.8. The number of carboxylic acid groups (broad SMARTS) is 1. The molecule has 0 aromatic carbocycles. The number of fused-ring (bicyclic) bond motifs is 7. The standard InChI is InChI=1S/C54H88O23/c1-22-31(58)34(61)39(66)45(70-22)74-30-18-49(3,20-56)17-25-24-9-10-28-51(5)13-12-29(52(6,21-57)27(51)11-14-54(28,8)53(24,7)16-15-50(25,30)4)73-48-43(38(65)37(64)41(75-48)44(68)69)77-47-42(36(63)33(60)26(19-55)72-47)76-46-40(67)35(62)32(59)23(2)71-46/h9,22-23,25-43,45-48,55-67H,10-21H2,1-8H3,(H,68,69)/t22-,23-,25-,26+,27?,28?,29-,30+,31-,32-,33+,34+,35+,36-,37-,38-,39+,40+,41-,42+,43+,45-,46-,47-,48+,49-,50+,51-,52+,53+,54+/m0/s1. The number of hydrogen-bond acceptors (Lipinski definition) is 22. The van der Waals surface area contributed by atoms with Crippen molar-refractivity contribution in [3.05, 3.63) is 11.6 Å². The van der Waals surface area contributed by atoms with Crippen molar-refractivity contribution in [1.29, 1.82) is 0 Å². The van der Waals surface area contributed by atoms with E-state index in [1.807, 2.05) is 6.92 Å². The number of hydrogen-bond donors (Lipinski definition) is 14. The van der Waals surface area contributed by atoms with E-state index in [2.05, 4.69) is 40.7 Å². The number of ether oxygens (including phenoxy) is 8. The molecule has 0 bridgehead atoms. The fourth-order valence-electron chi connectivity index (χ4n) is 16.6. The predicted octanol–water partition coefficient (Wildman–Crippen LogP) is -1.47. The van der Waals surface area contributed by atoms with Gasteiger partial charge in [-0.05, 0) is 111 Å². The fraction of sp³-hybridized carbons (Fsp3) is 0.944. The van der Waals surface area contributed by atoms with Gasteiger partial charge in [0.2, 0.25) is 0 Å². The van der Waals surface area contributed by atoms with Gasteiger partial charge in [-0.15, -0.1) is 0 Å². The SMILES string of the molecule is C[C@@H]1O[C@@H](O[C@H]2[C@H](O[C@H]3[C@H](O[C@H]4CC[C@@]5(C)C(CC[C@]6(C)C5CC=C5[C@@H]7C[C@](C)(CO)C[C@@H](O[C@@H]8O[C@@H](C)[C@H](O)[C@@H](O)[C@H]8O)[C@]7(C)CC[C@]56C)[C@@]4(C)CO)O[C@H](C(=O)O)[C@@H](O)[C@@H]3O)O[C@H](CO)[C@@H](O)[C@@H]2O)[C@H](O)[C@H](O)[C@H]1O. The van der Waals surface area contributed by atoms with Crippen LogP contribution in [0.1, 0.15) is 113 Å². The summed E-state index contributed by atoms with van der Waals surface area (Å²) in [4.78, 5) is 12.6. The first kappa shape index (κ1) is 60.0. The molecule has 23 nitrogen and oxygen atoms in total. The van der Waals surface area contributed by atoms with Crippen LogP contribution in [0.3, 0.4) is 0 Å². The van der Waals surface area contributed by atoms with Crippen LogP contribution in [0.15, 0.2) is 11.6 Å². The predicted molar refractivity (Wildman–Crippen MR) is 263 cm³/mol. The van der Waals surface area contributed by atoms with E-state index < -0.39 is 169 Å². The van der Waals surface area contributed by atoms with E-state index in [-0.39, 0.29) is 41.8 Å². The van der Waals surface area contributed by atoms with Crippen LogP contribution >= 0.6 is 0 Å². The zero-order valence-corrected chi connectivity index (χ0v) is 45.4. The lowest BCUT2D eigenvalue weighted by molar-refractivity contribution is -0.396. The van der Waals surface area contributed by atoms with Crippen molar-refractivity contribution in [2.75, 3.05) is 19.8 Å². The van der Waals surface area contributed by atoms with Gasteiger partial charge in [0.1, 0.15) is 79.4 Å². The average molecular weight is 1110 g/mol. The third kappa shape index (κ3) is 9.61. The highest BCUT2D eigenvalue weighted by Gasteiger charge is 2.70.